The molecule has 7 atom stereocenters. The van der Waals surface area contributed by atoms with Crippen molar-refractivity contribution in [3.63, 3.8) is 0 Å². The van der Waals surface area contributed by atoms with Crippen LogP contribution in [0.4, 0.5) is 0 Å². The second-order valence-electron chi connectivity index (χ2n) is 12.2. The number of ether oxygens (including phenoxy) is 4. The SMILES string of the molecule is CC(=O)O[C@@H]1/C(C)=C/[C@H](O)C(C)(C)C(=O)C[C@@H](OC(C)=O)C(C)=C[C@H]2[C@@H](OC(=O)c3ccccc3)[C@H](C)C[C@]12OC(C)=O. The van der Waals surface area contributed by atoms with E-state index >= 15 is 0 Å². The molecule has 0 bridgehead atoms. The molecule has 0 unspecified atom stereocenters. The Morgan fingerprint density at radius 3 is 2.02 bits per heavy atom. The number of esters is 4. The lowest BCUT2D eigenvalue weighted by Gasteiger charge is -2.42. The summed E-state index contributed by atoms with van der Waals surface area (Å²) in [5.74, 6) is -4.25. The highest BCUT2D eigenvalue weighted by Crippen LogP contribution is 2.51. The van der Waals surface area contributed by atoms with E-state index in [0.29, 0.717) is 16.7 Å². The van der Waals surface area contributed by atoms with Crippen molar-refractivity contribution in [3.05, 3.63) is 59.2 Å². The molecule has 1 aromatic carbocycles. The van der Waals surface area contributed by atoms with E-state index < -0.39 is 71.1 Å². The first kappa shape index (κ1) is 33.7. The number of Topliss-reactive ketones (excluding diaryl/α,β-unsaturated/α-hetero) is 1. The zero-order valence-electron chi connectivity index (χ0n) is 26.0. The van der Waals surface area contributed by atoms with E-state index in [-0.39, 0.29) is 18.6 Å². The van der Waals surface area contributed by atoms with Crippen molar-refractivity contribution in [1.29, 1.82) is 0 Å². The van der Waals surface area contributed by atoms with E-state index in [1.165, 1.54) is 26.8 Å². The monoisotopic (exact) mass is 598 g/mol. The second-order valence-corrected chi connectivity index (χ2v) is 12.2. The lowest BCUT2D eigenvalue weighted by molar-refractivity contribution is -0.186. The van der Waals surface area contributed by atoms with Gasteiger partial charge in [0.15, 0.2) is 11.7 Å². The van der Waals surface area contributed by atoms with Gasteiger partial charge in [0.1, 0.15) is 18.0 Å². The van der Waals surface area contributed by atoms with Gasteiger partial charge in [-0.3, -0.25) is 19.2 Å². The van der Waals surface area contributed by atoms with Crippen molar-refractivity contribution in [2.45, 2.75) is 98.2 Å². The molecule has 43 heavy (non-hydrogen) atoms. The van der Waals surface area contributed by atoms with E-state index in [1.807, 2.05) is 6.92 Å². The van der Waals surface area contributed by atoms with Crippen molar-refractivity contribution in [1.82, 2.24) is 0 Å². The third-order valence-corrected chi connectivity index (χ3v) is 8.36. The predicted octanol–water partition coefficient (Wildman–Crippen LogP) is 4.29. The summed E-state index contributed by atoms with van der Waals surface area (Å²) in [6, 6.07) is 8.41. The summed E-state index contributed by atoms with van der Waals surface area (Å²) in [5.41, 5.74) is -1.80. The minimum atomic E-state index is -1.59. The van der Waals surface area contributed by atoms with Crippen LogP contribution in [0.1, 0.15) is 78.6 Å². The van der Waals surface area contributed by atoms with Gasteiger partial charge in [-0.15, -0.1) is 0 Å². The van der Waals surface area contributed by atoms with Crippen LogP contribution in [0.2, 0.25) is 0 Å². The van der Waals surface area contributed by atoms with Gasteiger partial charge in [0, 0.05) is 27.2 Å². The highest BCUT2D eigenvalue weighted by atomic mass is 16.6. The molecule has 0 aromatic heterocycles. The smallest absolute Gasteiger partial charge is 0.338 e. The van der Waals surface area contributed by atoms with E-state index in [1.54, 1.807) is 64.1 Å². The van der Waals surface area contributed by atoms with Gasteiger partial charge in [-0.2, -0.15) is 0 Å². The molecule has 0 heterocycles. The first-order valence-electron chi connectivity index (χ1n) is 14.4. The van der Waals surface area contributed by atoms with Gasteiger partial charge in [0.05, 0.1) is 23.0 Å². The Morgan fingerprint density at radius 2 is 1.47 bits per heavy atom. The molecule has 0 spiro atoms. The van der Waals surface area contributed by atoms with Crippen LogP contribution < -0.4 is 0 Å². The Morgan fingerprint density at radius 1 is 0.860 bits per heavy atom. The molecule has 2 aliphatic rings. The molecule has 1 saturated carbocycles. The molecule has 0 radical (unpaired) electrons. The Hall–Kier alpha value is -3.79. The average Bonchev–Trinajstić information content (AvgIpc) is 3.15. The maximum absolute atomic E-state index is 13.5. The first-order valence-corrected chi connectivity index (χ1v) is 14.4. The summed E-state index contributed by atoms with van der Waals surface area (Å²) in [5, 5.41) is 11.3. The maximum Gasteiger partial charge on any atom is 0.338 e. The van der Waals surface area contributed by atoms with Gasteiger partial charge in [0.2, 0.25) is 0 Å². The molecule has 10 heteroatoms. The van der Waals surface area contributed by atoms with Crippen LogP contribution in [-0.2, 0) is 38.1 Å². The molecule has 1 fully saturated rings. The molecule has 1 aromatic rings. The molecule has 3 rings (SSSR count). The molecule has 2 aliphatic carbocycles. The number of hydrogen-bond acceptors (Lipinski definition) is 10. The standard InChI is InChI=1S/C33H42O10/c1-18-14-25-29(42-31(39)24-12-10-9-11-13-24)20(3)17-33(25,43-23(6)36)30(41-22(5)35)19(2)15-27(37)32(7,8)28(38)16-26(18)40-21(4)34/h9-15,20,25-27,29-30,37H,16-17H2,1-8H3/b18-14?,19-15+/t20-,25+,26-,27+,29+,30-,33-/m1/s1. The number of aliphatic hydroxyl groups is 1. The number of aliphatic hydroxyl groups excluding tert-OH is 1. The van der Waals surface area contributed by atoms with Crippen molar-refractivity contribution < 1.29 is 48.0 Å². The van der Waals surface area contributed by atoms with Gasteiger partial charge in [-0.1, -0.05) is 51.1 Å². The van der Waals surface area contributed by atoms with E-state index in [0.717, 1.165) is 0 Å². The normalized spacial score (nSPS) is 32.0. The number of carbonyl (C=O) groups excluding carboxylic acids is 5. The lowest BCUT2D eigenvalue weighted by atomic mass is 9.75. The number of carbonyl (C=O) groups is 5. The Kier molecular flexibility index (Phi) is 10.4. The molecule has 0 saturated heterocycles. The highest BCUT2D eigenvalue weighted by Gasteiger charge is 2.61. The third kappa shape index (κ3) is 7.41. The van der Waals surface area contributed by atoms with Crippen LogP contribution in [0.5, 0.6) is 0 Å². The van der Waals surface area contributed by atoms with E-state index in [4.69, 9.17) is 18.9 Å². The lowest BCUT2D eigenvalue weighted by Crippen LogP contribution is -2.53. The zero-order chi connectivity index (χ0) is 32.3. The minimum absolute atomic E-state index is 0.119. The van der Waals surface area contributed by atoms with Crippen LogP contribution in [0, 0.1) is 17.3 Å². The fraction of sp³-hybridized carbons (Fsp3) is 0.545. The van der Waals surface area contributed by atoms with Crippen LogP contribution in [0.15, 0.2) is 53.6 Å². The minimum Gasteiger partial charge on any atom is -0.458 e. The second kappa shape index (κ2) is 13.2. The number of ketones is 1. The quantitative estimate of drug-likeness (QED) is 0.296. The topological polar surface area (TPSA) is 143 Å². The van der Waals surface area contributed by atoms with Crippen LogP contribution in [0.25, 0.3) is 0 Å². The number of fused-ring (bicyclic) bond motifs is 1. The van der Waals surface area contributed by atoms with Crippen molar-refractivity contribution in [2.75, 3.05) is 0 Å². The Bertz CT molecular complexity index is 1310. The highest BCUT2D eigenvalue weighted by molar-refractivity contribution is 5.89. The first-order chi connectivity index (χ1) is 20.0. The Labute approximate surface area is 252 Å². The largest absolute Gasteiger partial charge is 0.458 e. The fourth-order valence-corrected chi connectivity index (χ4v) is 6.06. The fourth-order valence-electron chi connectivity index (χ4n) is 6.06. The summed E-state index contributed by atoms with van der Waals surface area (Å²) in [6.45, 7) is 11.9. The van der Waals surface area contributed by atoms with Gasteiger partial charge < -0.3 is 24.1 Å². The summed E-state index contributed by atoms with van der Waals surface area (Å²) in [7, 11) is 0. The third-order valence-electron chi connectivity index (χ3n) is 8.36. The molecular weight excluding hydrogens is 556 g/mol. The predicted molar refractivity (Wildman–Crippen MR) is 155 cm³/mol. The number of benzene rings is 1. The molecule has 0 aliphatic heterocycles. The van der Waals surface area contributed by atoms with Gasteiger partial charge in [0.25, 0.3) is 0 Å². The summed E-state index contributed by atoms with van der Waals surface area (Å²) < 4.78 is 23.6. The number of rotatable bonds is 5. The van der Waals surface area contributed by atoms with E-state index in [2.05, 4.69) is 0 Å². The average molecular weight is 599 g/mol. The molecule has 1 N–H and O–H groups in total. The van der Waals surface area contributed by atoms with Crippen LogP contribution >= 0.6 is 0 Å². The van der Waals surface area contributed by atoms with Gasteiger partial charge >= 0.3 is 23.9 Å². The molecule has 10 nitrogen and oxygen atoms in total. The van der Waals surface area contributed by atoms with Crippen molar-refractivity contribution in [3.8, 4) is 0 Å². The van der Waals surface area contributed by atoms with Gasteiger partial charge in [-0.25, -0.2) is 4.79 Å². The zero-order valence-corrected chi connectivity index (χ0v) is 26.0. The molecular formula is C33H42O10. The van der Waals surface area contributed by atoms with Crippen molar-refractivity contribution in [2.24, 2.45) is 17.3 Å². The summed E-state index contributed by atoms with van der Waals surface area (Å²) >= 11 is 0. The van der Waals surface area contributed by atoms with Crippen LogP contribution in [0.3, 0.4) is 0 Å². The summed E-state index contributed by atoms with van der Waals surface area (Å²) in [4.78, 5) is 64.2. The Balaban J connectivity index is 2.33. The maximum atomic E-state index is 13.5. The van der Waals surface area contributed by atoms with Gasteiger partial charge in [-0.05, 0) is 49.5 Å². The summed E-state index contributed by atoms with van der Waals surface area (Å²) in [6.07, 6.45) is -1.48. The molecule has 0 amide bonds. The molecule has 234 valence electrons. The van der Waals surface area contributed by atoms with Crippen molar-refractivity contribution >= 4 is 29.7 Å². The number of hydrogen-bond donors (Lipinski definition) is 1. The van der Waals surface area contributed by atoms with E-state index in [9.17, 15) is 29.1 Å². The van der Waals surface area contributed by atoms with Crippen LogP contribution in [-0.4, -0.2) is 64.8 Å².